The van der Waals surface area contributed by atoms with E-state index in [4.69, 9.17) is 11.6 Å². The van der Waals surface area contributed by atoms with Crippen LogP contribution in [0.15, 0.2) is 42.7 Å². The molecule has 1 aliphatic heterocycles. The van der Waals surface area contributed by atoms with Crippen molar-refractivity contribution in [3.05, 3.63) is 70.6 Å². The average Bonchev–Trinajstić information content (AvgIpc) is 3.32. The topological polar surface area (TPSA) is 83.3 Å². The van der Waals surface area contributed by atoms with Gasteiger partial charge in [0.1, 0.15) is 23.5 Å². The van der Waals surface area contributed by atoms with Crippen LogP contribution in [0.5, 0.6) is 0 Å². The number of pyridine rings is 1. The normalized spacial score (nSPS) is 18.8. The molecule has 0 aliphatic carbocycles. The Morgan fingerprint density at radius 2 is 2.00 bits per heavy atom. The van der Waals surface area contributed by atoms with Crippen molar-refractivity contribution >= 4 is 23.4 Å². The Labute approximate surface area is 184 Å². The number of carbonyl (C=O) groups excluding carboxylic acids is 1. The number of aliphatic hydroxyl groups is 1. The van der Waals surface area contributed by atoms with Crippen LogP contribution in [0.3, 0.4) is 0 Å². The Kier molecular flexibility index (Phi) is 5.55. The summed E-state index contributed by atoms with van der Waals surface area (Å²) in [6.07, 6.45) is -1.71. The van der Waals surface area contributed by atoms with Gasteiger partial charge in [-0.05, 0) is 37.3 Å². The molecule has 0 saturated carbocycles. The molecule has 1 aromatic carbocycles. The second-order valence-electron chi connectivity index (χ2n) is 7.16. The van der Waals surface area contributed by atoms with Gasteiger partial charge in [-0.3, -0.25) is 4.90 Å². The summed E-state index contributed by atoms with van der Waals surface area (Å²) in [5.74, 6) is -0.669. The van der Waals surface area contributed by atoms with Crippen LogP contribution in [-0.4, -0.2) is 38.3 Å². The first-order valence-electron chi connectivity index (χ1n) is 9.35. The van der Waals surface area contributed by atoms with E-state index in [1.54, 1.807) is 0 Å². The number of rotatable bonds is 4. The molecule has 1 fully saturated rings. The summed E-state index contributed by atoms with van der Waals surface area (Å²) < 4.78 is 55.2. The van der Waals surface area contributed by atoms with E-state index in [2.05, 4.69) is 15.3 Å². The van der Waals surface area contributed by atoms with E-state index in [0.29, 0.717) is 5.69 Å². The van der Waals surface area contributed by atoms with Gasteiger partial charge in [0.2, 0.25) is 0 Å². The quantitative estimate of drug-likeness (QED) is 0.565. The molecule has 0 spiro atoms. The lowest BCUT2D eigenvalue weighted by Gasteiger charge is -2.26. The Balaban J connectivity index is 1.85. The summed E-state index contributed by atoms with van der Waals surface area (Å²) in [5, 5.41) is 12.2. The van der Waals surface area contributed by atoms with Crippen molar-refractivity contribution in [1.29, 1.82) is 0 Å². The number of hydrogen-bond donors (Lipinski definition) is 2. The fraction of sp³-hybridized carbons (Fsp3) is 0.250. The smallest absolute Gasteiger partial charge is 0.394 e. The standard InChI is InChI=1S/C20H16ClF4N5O2/c1-10-6-11(20(23,24)25)7-16(27-10)30-17(15(9-31)28-19(30)32)18-26-4-5-29(18)12-2-3-14(22)13(21)8-12/h2-8,15,17,31H,9H2,1H3,(H,28,32)/t15-,17-/m0/s1. The molecule has 4 rings (SSSR count). The number of alkyl halides is 3. The summed E-state index contributed by atoms with van der Waals surface area (Å²) in [7, 11) is 0. The molecule has 32 heavy (non-hydrogen) atoms. The predicted molar refractivity (Wildman–Crippen MR) is 107 cm³/mol. The molecule has 3 aromatic rings. The van der Waals surface area contributed by atoms with Gasteiger partial charge >= 0.3 is 12.2 Å². The van der Waals surface area contributed by atoms with Crippen LogP contribution in [-0.2, 0) is 6.18 Å². The number of carbonyl (C=O) groups is 1. The summed E-state index contributed by atoms with van der Waals surface area (Å²) in [5.41, 5.74) is -0.497. The number of aryl methyl sites for hydroxylation is 1. The molecule has 12 heteroatoms. The van der Waals surface area contributed by atoms with Crippen molar-refractivity contribution in [2.75, 3.05) is 11.5 Å². The van der Waals surface area contributed by atoms with Crippen LogP contribution in [0.1, 0.15) is 23.1 Å². The lowest BCUT2D eigenvalue weighted by atomic mass is 10.1. The van der Waals surface area contributed by atoms with Crippen molar-refractivity contribution in [3.63, 3.8) is 0 Å². The van der Waals surface area contributed by atoms with Gasteiger partial charge < -0.3 is 15.0 Å². The number of nitrogens with one attached hydrogen (secondary N) is 1. The molecule has 0 unspecified atom stereocenters. The number of urea groups is 1. The van der Waals surface area contributed by atoms with E-state index in [1.807, 2.05) is 0 Å². The minimum Gasteiger partial charge on any atom is -0.394 e. The van der Waals surface area contributed by atoms with Gasteiger partial charge in [0.15, 0.2) is 0 Å². The number of amides is 2. The molecule has 2 amide bonds. The van der Waals surface area contributed by atoms with Gasteiger partial charge in [-0.1, -0.05) is 11.6 Å². The number of halogens is 5. The van der Waals surface area contributed by atoms with E-state index in [9.17, 15) is 27.5 Å². The maximum atomic E-state index is 13.6. The van der Waals surface area contributed by atoms with Gasteiger partial charge in [0, 0.05) is 23.8 Å². The van der Waals surface area contributed by atoms with Crippen molar-refractivity contribution in [2.45, 2.75) is 25.2 Å². The molecule has 1 aliphatic rings. The van der Waals surface area contributed by atoms with Crippen LogP contribution < -0.4 is 10.2 Å². The third kappa shape index (κ3) is 3.89. The highest BCUT2D eigenvalue weighted by atomic mass is 35.5. The van der Waals surface area contributed by atoms with Crippen molar-refractivity contribution < 1.29 is 27.5 Å². The Hall–Kier alpha value is -3.18. The van der Waals surface area contributed by atoms with E-state index in [1.165, 1.54) is 36.0 Å². The van der Waals surface area contributed by atoms with Crippen LogP contribution in [0.25, 0.3) is 5.69 Å². The van der Waals surface area contributed by atoms with Crippen LogP contribution in [0, 0.1) is 12.7 Å². The molecular weight excluding hydrogens is 454 g/mol. The van der Waals surface area contributed by atoms with Crippen LogP contribution >= 0.6 is 11.6 Å². The summed E-state index contributed by atoms with van der Waals surface area (Å²) in [6.45, 7) is 0.870. The molecule has 7 nitrogen and oxygen atoms in total. The highest BCUT2D eigenvalue weighted by molar-refractivity contribution is 6.30. The Bertz CT molecular complexity index is 1180. The first-order valence-corrected chi connectivity index (χ1v) is 9.73. The van der Waals surface area contributed by atoms with E-state index < -0.39 is 42.3 Å². The highest BCUT2D eigenvalue weighted by Gasteiger charge is 2.45. The SMILES string of the molecule is Cc1cc(C(F)(F)F)cc(N2C(=O)N[C@@H](CO)[C@H]2c2nccn2-c2ccc(F)c(Cl)c2)n1. The number of aliphatic hydroxyl groups excluding tert-OH is 1. The number of aromatic nitrogens is 3. The van der Waals surface area contributed by atoms with E-state index in [-0.39, 0.29) is 22.4 Å². The zero-order valence-electron chi connectivity index (χ0n) is 16.4. The highest BCUT2D eigenvalue weighted by Crippen LogP contribution is 2.37. The summed E-state index contributed by atoms with van der Waals surface area (Å²) in [4.78, 5) is 22.1. The van der Waals surface area contributed by atoms with Gasteiger partial charge in [-0.15, -0.1) is 0 Å². The Morgan fingerprint density at radius 3 is 2.66 bits per heavy atom. The fourth-order valence-electron chi connectivity index (χ4n) is 3.63. The summed E-state index contributed by atoms with van der Waals surface area (Å²) >= 11 is 5.88. The molecule has 2 atom stereocenters. The number of nitrogens with zero attached hydrogens (tertiary/aromatic N) is 4. The number of hydrogen-bond acceptors (Lipinski definition) is 4. The maximum absolute atomic E-state index is 13.6. The third-order valence-corrected chi connectivity index (χ3v) is 5.30. The molecule has 3 heterocycles. The van der Waals surface area contributed by atoms with E-state index >= 15 is 0 Å². The zero-order valence-corrected chi connectivity index (χ0v) is 17.2. The number of imidazole rings is 1. The monoisotopic (exact) mass is 469 g/mol. The molecule has 1 saturated heterocycles. The second kappa shape index (κ2) is 8.06. The first kappa shape index (κ1) is 22.0. The third-order valence-electron chi connectivity index (χ3n) is 5.01. The lowest BCUT2D eigenvalue weighted by molar-refractivity contribution is -0.137. The zero-order chi connectivity index (χ0) is 23.2. The molecular formula is C20H16ClF4N5O2. The minimum atomic E-state index is -4.64. The number of benzene rings is 1. The van der Waals surface area contributed by atoms with Gasteiger partial charge in [-0.2, -0.15) is 13.2 Å². The molecule has 2 N–H and O–H groups in total. The largest absolute Gasteiger partial charge is 0.416 e. The molecule has 0 radical (unpaired) electrons. The van der Waals surface area contributed by atoms with Gasteiger partial charge in [0.05, 0.1) is 23.2 Å². The summed E-state index contributed by atoms with van der Waals surface area (Å²) in [6, 6.07) is 2.92. The lowest BCUT2D eigenvalue weighted by Crippen LogP contribution is -2.34. The molecule has 0 bridgehead atoms. The van der Waals surface area contributed by atoms with Crippen molar-refractivity contribution in [2.24, 2.45) is 0 Å². The first-order chi connectivity index (χ1) is 15.1. The van der Waals surface area contributed by atoms with Gasteiger partial charge in [-0.25, -0.2) is 19.2 Å². The maximum Gasteiger partial charge on any atom is 0.416 e. The predicted octanol–water partition coefficient (Wildman–Crippen LogP) is 4.02. The van der Waals surface area contributed by atoms with Crippen molar-refractivity contribution in [3.8, 4) is 5.69 Å². The molecule has 168 valence electrons. The average molecular weight is 470 g/mol. The van der Waals surface area contributed by atoms with Crippen LogP contribution in [0.4, 0.5) is 28.2 Å². The van der Waals surface area contributed by atoms with Gasteiger partial charge in [0.25, 0.3) is 0 Å². The molecule has 2 aromatic heterocycles. The van der Waals surface area contributed by atoms with E-state index in [0.717, 1.165) is 23.1 Å². The second-order valence-corrected chi connectivity index (χ2v) is 7.57. The van der Waals surface area contributed by atoms with Crippen molar-refractivity contribution in [1.82, 2.24) is 19.9 Å². The van der Waals surface area contributed by atoms with Crippen LogP contribution in [0.2, 0.25) is 5.02 Å². The Morgan fingerprint density at radius 1 is 1.25 bits per heavy atom. The number of anilines is 1. The fourth-order valence-corrected chi connectivity index (χ4v) is 3.80. The minimum absolute atomic E-state index is 0.0579.